The van der Waals surface area contributed by atoms with E-state index < -0.39 is 16.1 Å². The lowest BCUT2D eigenvalue weighted by Crippen LogP contribution is -2.37. The van der Waals surface area contributed by atoms with Crippen molar-refractivity contribution in [2.45, 2.75) is 6.42 Å². The van der Waals surface area contributed by atoms with Gasteiger partial charge in [0.1, 0.15) is 5.75 Å². The number of hydrogen-bond acceptors (Lipinski definition) is 7. The topological polar surface area (TPSA) is 119 Å². The van der Waals surface area contributed by atoms with Gasteiger partial charge in [-0.2, -0.15) is 0 Å². The minimum absolute atomic E-state index is 0.0477. The number of hydrogen-bond donors (Lipinski definition) is 1. The number of carbonyl (C=O) groups excluding carboxylic acids is 3. The number of carbonyl (C=O) groups is 3. The summed E-state index contributed by atoms with van der Waals surface area (Å²) in [4.78, 5) is 48.3. The van der Waals surface area contributed by atoms with Gasteiger partial charge in [0.25, 0.3) is 16.8 Å². The van der Waals surface area contributed by atoms with E-state index >= 15 is 0 Å². The van der Waals surface area contributed by atoms with Gasteiger partial charge in [-0.05, 0) is 53.2 Å². The summed E-state index contributed by atoms with van der Waals surface area (Å²) in [6, 6.07) is 12.8. The van der Waals surface area contributed by atoms with Crippen molar-refractivity contribution < 1.29 is 24.0 Å². The fraction of sp³-hybridized carbons (Fsp3) is 0.190. The lowest BCUT2D eigenvalue weighted by atomic mass is 10.1. The van der Waals surface area contributed by atoms with Gasteiger partial charge >= 0.3 is 0 Å². The van der Waals surface area contributed by atoms with Crippen molar-refractivity contribution in [2.75, 3.05) is 20.2 Å². The Balaban J connectivity index is 1.53. The van der Waals surface area contributed by atoms with Crippen molar-refractivity contribution in [3.63, 3.8) is 0 Å². The molecule has 3 amide bonds. The Labute approximate surface area is 182 Å². The van der Waals surface area contributed by atoms with Crippen molar-refractivity contribution in [2.24, 2.45) is 0 Å². The summed E-state index contributed by atoms with van der Waals surface area (Å²) >= 11 is 0.791. The number of benzene rings is 2. The Bertz CT molecular complexity index is 1050. The highest BCUT2D eigenvalue weighted by Gasteiger charge is 2.34. The number of thioether (sulfide) groups is 1. The van der Waals surface area contributed by atoms with E-state index in [1.165, 1.54) is 30.3 Å². The molecule has 0 spiro atoms. The Kier molecular flexibility index (Phi) is 7.03. The number of nitro groups is 1. The van der Waals surface area contributed by atoms with Crippen LogP contribution in [0.4, 0.5) is 10.5 Å². The predicted molar refractivity (Wildman–Crippen MR) is 115 cm³/mol. The number of nitrogens with one attached hydrogen (secondary N) is 1. The zero-order chi connectivity index (χ0) is 22.4. The van der Waals surface area contributed by atoms with E-state index in [9.17, 15) is 24.5 Å². The Morgan fingerprint density at radius 2 is 1.97 bits per heavy atom. The molecule has 0 saturated carbocycles. The molecule has 1 aliphatic rings. The summed E-state index contributed by atoms with van der Waals surface area (Å²) in [5.41, 5.74) is 1.30. The molecule has 0 aromatic heterocycles. The summed E-state index contributed by atoms with van der Waals surface area (Å²) < 4.78 is 5.13. The molecule has 1 saturated heterocycles. The first-order valence-electron chi connectivity index (χ1n) is 9.27. The van der Waals surface area contributed by atoms with Crippen LogP contribution in [0, 0.1) is 10.1 Å². The van der Waals surface area contributed by atoms with E-state index in [1.807, 2.05) is 6.07 Å². The van der Waals surface area contributed by atoms with Gasteiger partial charge in [0.15, 0.2) is 0 Å². The molecule has 31 heavy (non-hydrogen) atoms. The molecular weight excluding hydrogens is 422 g/mol. The van der Waals surface area contributed by atoms with Gasteiger partial charge in [0, 0.05) is 25.2 Å². The van der Waals surface area contributed by atoms with Crippen LogP contribution in [0.15, 0.2) is 53.4 Å². The zero-order valence-electron chi connectivity index (χ0n) is 16.6. The highest BCUT2D eigenvalue weighted by Crippen LogP contribution is 2.32. The molecule has 1 N–H and O–H groups in total. The van der Waals surface area contributed by atoms with Crippen LogP contribution in [0.3, 0.4) is 0 Å². The van der Waals surface area contributed by atoms with Gasteiger partial charge in [-0.25, -0.2) is 0 Å². The van der Waals surface area contributed by atoms with Crippen LogP contribution in [0.2, 0.25) is 0 Å². The molecule has 0 aliphatic carbocycles. The van der Waals surface area contributed by atoms with Crippen molar-refractivity contribution in [3.8, 4) is 5.75 Å². The lowest BCUT2D eigenvalue weighted by Gasteiger charge is -2.13. The van der Waals surface area contributed by atoms with Crippen LogP contribution in [0.5, 0.6) is 5.75 Å². The number of ether oxygens (including phenoxy) is 1. The van der Waals surface area contributed by atoms with Gasteiger partial charge < -0.3 is 10.1 Å². The van der Waals surface area contributed by atoms with Gasteiger partial charge in [-0.1, -0.05) is 12.1 Å². The molecular formula is C21H19N3O6S. The van der Waals surface area contributed by atoms with Crippen LogP contribution in [0.1, 0.15) is 11.1 Å². The molecule has 2 aromatic rings. The normalized spacial score (nSPS) is 14.7. The van der Waals surface area contributed by atoms with Crippen molar-refractivity contribution >= 4 is 40.6 Å². The molecule has 0 atom stereocenters. The van der Waals surface area contributed by atoms with Gasteiger partial charge in [-0.3, -0.25) is 29.4 Å². The Hall–Kier alpha value is -3.66. The molecule has 9 nitrogen and oxygen atoms in total. The second kappa shape index (κ2) is 9.90. The molecule has 0 radical (unpaired) electrons. The first kappa shape index (κ1) is 22.0. The van der Waals surface area contributed by atoms with E-state index in [4.69, 9.17) is 4.74 Å². The van der Waals surface area contributed by atoms with E-state index in [2.05, 4.69) is 5.32 Å². The smallest absolute Gasteiger partial charge is 0.293 e. The second-order valence-electron chi connectivity index (χ2n) is 6.56. The molecule has 1 heterocycles. The van der Waals surface area contributed by atoms with E-state index in [1.54, 1.807) is 25.3 Å². The molecule has 160 valence electrons. The molecule has 3 rings (SSSR count). The average molecular weight is 441 g/mol. The highest BCUT2D eigenvalue weighted by atomic mass is 32.2. The molecule has 1 aliphatic heterocycles. The summed E-state index contributed by atoms with van der Waals surface area (Å²) in [6.07, 6.45) is 1.66. The number of non-ortho nitro benzene ring substituents is 1. The maximum Gasteiger partial charge on any atom is 0.293 e. The SMILES string of the molecule is COc1cccc(CC(=O)NCCN2C(=O)SC(=Cc3ccc([N+](=O)[O-])cc3)C2=O)c1. The second-order valence-corrected chi connectivity index (χ2v) is 7.55. The number of rotatable bonds is 8. The molecule has 0 unspecified atom stereocenters. The lowest BCUT2D eigenvalue weighted by molar-refractivity contribution is -0.384. The van der Waals surface area contributed by atoms with Crippen molar-refractivity contribution in [1.29, 1.82) is 0 Å². The summed E-state index contributed by atoms with van der Waals surface area (Å²) in [5.74, 6) is -0.0417. The number of nitro benzene ring substituents is 1. The number of methoxy groups -OCH3 is 1. The highest BCUT2D eigenvalue weighted by molar-refractivity contribution is 8.18. The summed E-state index contributed by atoms with van der Waals surface area (Å²) in [5, 5.41) is 13.0. The largest absolute Gasteiger partial charge is 0.497 e. The first-order valence-corrected chi connectivity index (χ1v) is 10.1. The summed E-state index contributed by atoms with van der Waals surface area (Å²) in [6.45, 7) is 0.178. The zero-order valence-corrected chi connectivity index (χ0v) is 17.4. The van der Waals surface area contributed by atoms with Crippen LogP contribution < -0.4 is 10.1 Å². The first-order chi connectivity index (χ1) is 14.9. The third-order valence-corrected chi connectivity index (χ3v) is 5.34. The molecule has 0 bridgehead atoms. The monoisotopic (exact) mass is 441 g/mol. The van der Waals surface area contributed by atoms with Crippen LogP contribution in [-0.2, 0) is 16.0 Å². The maximum absolute atomic E-state index is 12.5. The standard InChI is InChI=1S/C21H19N3O6S/c1-30-17-4-2-3-15(11-17)13-19(25)22-9-10-23-20(26)18(31-21(23)27)12-14-5-7-16(8-6-14)24(28)29/h2-8,11-12H,9-10,13H2,1H3,(H,22,25). The quantitative estimate of drug-likeness (QED) is 0.380. The van der Waals surface area contributed by atoms with Crippen LogP contribution in [-0.4, -0.2) is 47.1 Å². The van der Waals surface area contributed by atoms with Crippen molar-refractivity contribution in [1.82, 2.24) is 10.2 Å². The molecule has 10 heteroatoms. The average Bonchev–Trinajstić information content (AvgIpc) is 3.01. The van der Waals surface area contributed by atoms with E-state index in [0.717, 1.165) is 22.2 Å². The fourth-order valence-corrected chi connectivity index (χ4v) is 3.74. The van der Waals surface area contributed by atoms with Crippen LogP contribution in [0.25, 0.3) is 6.08 Å². The predicted octanol–water partition coefficient (Wildman–Crippen LogP) is 3.00. The van der Waals surface area contributed by atoms with E-state index in [-0.39, 0.29) is 36.0 Å². The van der Waals surface area contributed by atoms with Crippen LogP contribution >= 0.6 is 11.8 Å². The third kappa shape index (κ3) is 5.70. The van der Waals surface area contributed by atoms with E-state index in [0.29, 0.717) is 11.3 Å². The number of amides is 3. The number of nitrogens with zero attached hydrogens (tertiary/aromatic N) is 2. The molecule has 1 fully saturated rings. The fourth-order valence-electron chi connectivity index (χ4n) is 2.87. The Morgan fingerprint density at radius 3 is 2.65 bits per heavy atom. The maximum atomic E-state index is 12.5. The minimum atomic E-state index is -0.514. The third-order valence-electron chi connectivity index (χ3n) is 4.43. The van der Waals surface area contributed by atoms with Gasteiger partial charge in [-0.15, -0.1) is 0 Å². The number of imide groups is 1. The Morgan fingerprint density at radius 1 is 1.23 bits per heavy atom. The molecule has 2 aromatic carbocycles. The summed E-state index contributed by atoms with van der Waals surface area (Å²) in [7, 11) is 1.55. The van der Waals surface area contributed by atoms with Gasteiger partial charge in [0.2, 0.25) is 5.91 Å². The van der Waals surface area contributed by atoms with Crippen molar-refractivity contribution in [3.05, 3.63) is 74.7 Å². The van der Waals surface area contributed by atoms with Gasteiger partial charge in [0.05, 0.1) is 23.4 Å². The minimum Gasteiger partial charge on any atom is -0.497 e.